The van der Waals surface area contributed by atoms with Crippen LogP contribution in [0.1, 0.15) is 37.5 Å². The lowest BCUT2D eigenvalue weighted by Crippen LogP contribution is -2.26. The molecule has 0 radical (unpaired) electrons. The molecule has 25 heavy (non-hydrogen) atoms. The molecule has 3 rings (SSSR count). The number of ether oxygens (including phenoxy) is 1. The Hall–Kier alpha value is -2.23. The van der Waals surface area contributed by atoms with E-state index in [4.69, 9.17) is 4.74 Å². The lowest BCUT2D eigenvalue weighted by atomic mass is 9.86. The predicted octanol–water partition coefficient (Wildman–Crippen LogP) is 4.90. The average Bonchev–Trinajstić information content (AvgIpc) is 2.56. The Morgan fingerprint density at radius 2 is 1.68 bits per heavy atom. The first-order chi connectivity index (χ1) is 11.8. The quantitative estimate of drug-likeness (QED) is 0.777. The summed E-state index contributed by atoms with van der Waals surface area (Å²) in [6, 6.07) is 12.3. The molecule has 0 aliphatic carbocycles. The smallest absolute Gasteiger partial charge is 0.222 e. The Bertz CT molecular complexity index is 755. The van der Waals surface area contributed by atoms with Crippen molar-refractivity contribution in [2.24, 2.45) is 10.9 Å². The van der Waals surface area contributed by atoms with Gasteiger partial charge in [-0.1, -0.05) is 51.1 Å². The van der Waals surface area contributed by atoms with Gasteiger partial charge in [0.1, 0.15) is 17.2 Å². The molecule has 1 aliphatic heterocycles. The Kier molecular flexibility index (Phi) is 4.89. The molecule has 0 fully saturated rings. The number of hydrogen-bond acceptors (Lipinski definition) is 2. The van der Waals surface area contributed by atoms with Crippen molar-refractivity contribution in [2.75, 3.05) is 13.2 Å². The second-order valence-electron chi connectivity index (χ2n) is 7.57. The Balaban J connectivity index is 1.67. The molecule has 2 aromatic rings. The molecule has 0 spiro atoms. The molecule has 1 unspecified atom stereocenters. The van der Waals surface area contributed by atoms with Crippen LogP contribution in [-0.2, 0) is 16.6 Å². The highest BCUT2D eigenvalue weighted by Gasteiger charge is 2.23. The normalized spacial score (nSPS) is 17.8. The summed E-state index contributed by atoms with van der Waals surface area (Å²) in [4.78, 5) is 4.27. The number of hydrogen-bond donors (Lipinski definition) is 0. The maximum Gasteiger partial charge on any atom is 0.222 e. The molecule has 1 heterocycles. The fourth-order valence-corrected chi connectivity index (χ4v) is 2.96. The van der Waals surface area contributed by atoms with Gasteiger partial charge in [-0.3, -0.25) is 4.99 Å². The van der Waals surface area contributed by atoms with Crippen molar-refractivity contribution in [3.8, 4) is 0 Å². The van der Waals surface area contributed by atoms with E-state index in [1.54, 1.807) is 0 Å². The van der Waals surface area contributed by atoms with Gasteiger partial charge in [-0.25, -0.2) is 8.78 Å². The molecule has 0 amide bonds. The van der Waals surface area contributed by atoms with Crippen LogP contribution in [0.5, 0.6) is 0 Å². The van der Waals surface area contributed by atoms with Crippen molar-refractivity contribution in [2.45, 2.75) is 32.6 Å². The van der Waals surface area contributed by atoms with E-state index >= 15 is 0 Å². The van der Waals surface area contributed by atoms with E-state index in [-0.39, 0.29) is 22.8 Å². The number of nitrogens with zero attached hydrogens (tertiary/aromatic N) is 1. The first kappa shape index (κ1) is 17.6. The topological polar surface area (TPSA) is 21.6 Å². The van der Waals surface area contributed by atoms with E-state index in [0.717, 1.165) is 6.42 Å². The zero-order valence-electron chi connectivity index (χ0n) is 14.9. The third kappa shape index (κ3) is 4.06. The van der Waals surface area contributed by atoms with Crippen molar-refractivity contribution in [1.82, 2.24) is 0 Å². The van der Waals surface area contributed by atoms with E-state index in [2.05, 4.69) is 50.0 Å². The van der Waals surface area contributed by atoms with Gasteiger partial charge in [-0.2, -0.15) is 0 Å². The fraction of sp³-hybridized carbons (Fsp3) is 0.381. The van der Waals surface area contributed by atoms with Crippen LogP contribution in [0.25, 0.3) is 0 Å². The summed E-state index contributed by atoms with van der Waals surface area (Å²) in [5.74, 6) is -1.01. The van der Waals surface area contributed by atoms with Crippen molar-refractivity contribution in [3.63, 3.8) is 0 Å². The molecule has 1 aliphatic rings. The number of halogens is 2. The molecule has 4 heteroatoms. The van der Waals surface area contributed by atoms with E-state index in [1.807, 2.05) is 0 Å². The maximum atomic E-state index is 13.8. The van der Waals surface area contributed by atoms with Crippen molar-refractivity contribution in [1.29, 1.82) is 0 Å². The third-order valence-electron chi connectivity index (χ3n) is 4.47. The number of rotatable bonds is 3. The second-order valence-corrected chi connectivity index (χ2v) is 7.57. The lowest BCUT2D eigenvalue weighted by molar-refractivity contribution is 0.219. The van der Waals surface area contributed by atoms with Crippen molar-refractivity contribution >= 4 is 5.90 Å². The molecular weight excluding hydrogens is 320 g/mol. The summed E-state index contributed by atoms with van der Waals surface area (Å²) >= 11 is 0. The van der Waals surface area contributed by atoms with Gasteiger partial charge in [0.25, 0.3) is 0 Å². The molecule has 1 atom stereocenters. The summed E-state index contributed by atoms with van der Waals surface area (Å²) in [6.45, 7) is 7.48. The van der Waals surface area contributed by atoms with Gasteiger partial charge in [0.2, 0.25) is 5.90 Å². The van der Waals surface area contributed by atoms with E-state index < -0.39 is 11.6 Å². The second kappa shape index (κ2) is 6.95. The molecule has 2 aromatic carbocycles. The standard InChI is InChI=1S/C21H23F2NO/c1-21(2,3)16-9-7-14(8-10-16)11-15-12-24-20(25-13-15)19-17(22)5-4-6-18(19)23/h4-10,15H,11-13H2,1-3H3. The predicted molar refractivity (Wildman–Crippen MR) is 96.1 cm³/mol. The van der Waals surface area contributed by atoms with Gasteiger partial charge in [0.15, 0.2) is 0 Å². The van der Waals surface area contributed by atoms with Gasteiger partial charge in [-0.05, 0) is 35.1 Å². The molecule has 0 saturated heterocycles. The van der Waals surface area contributed by atoms with Crippen LogP contribution in [0.3, 0.4) is 0 Å². The average molecular weight is 343 g/mol. The fourth-order valence-electron chi connectivity index (χ4n) is 2.96. The monoisotopic (exact) mass is 343 g/mol. The van der Waals surface area contributed by atoms with Crippen LogP contribution in [0.4, 0.5) is 8.78 Å². The summed E-state index contributed by atoms with van der Waals surface area (Å²) in [7, 11) is 0. The van der Waals surface area contributed by atoms with Crippen molar-refractivity contribution in [3.05, 3.63) is 70.8 Å². The number of benzene rings is 2. The molecule has 0 bridgehead atoms. The zero-order valence-corrected chi connectivity index (χ0v) is 14.9. The van der Waals surface area contributed by atoms with Crippen LogP contribution in [0.2, 0.25) is 0 Å². The maximum absolute atomic E-state index is 13.8. The first-order valence-corrected chi connectivity index (χ1v) is 8.55. The highest BCUT2D eigenvalue weighted by Crippen LogP contribution is 2.24. The highest BCUT2D eigenvalue weighted by atomic mass is 19.1. The van der Waals surface area contributed by atoms with E-state index in [0.29, 0.717) is 13.2 Å². The van der Waals surface area contributed by atoms with Gasteiger partial charge in [0.05, 0.1) is 6.61 Å². The Labute approximate surface area is 147 Å². The van der Waals surface area contributed by atoms with Crippen molar-refractivity contribution < 1.29 is 13.5 Å². The molecule has 0 aromatic heterocycles. The molecule has 0 saturated carbocycles. The van der Waals surface area contributed by atoms with E-state index in [1.165, 1.54) is 29.3 Å². The molecule has 0 N–H and O–H groups in total. The highest BCUT2D eigenvalue weighted by molar-refractivity contribution is 5.95. The van der Waals surface area contributed by atoms with Crippen LogP contribution in [0.15, 0.2) is 47.5 Å². The summed E-state index contributed by atoms with van der Waals surface area (Å²) in [6.07, 6.45) is 0.834. The van der Waals surface area contributed by atoms with Gasteiger partial charge < -0.3 is 4.74 Å². The van der Waals surface area contributed by atoms with Gasteiger partial charge in [-0.15, -0.1) is 0 Å². The largest absolute Gasteiger partial charge is 0.477 e. The lowest BCUT2D eigenvalue weighted by Gasteiger charge is -2.23. The number of aliphatic imine (C=N–C) groups is 1. The minimum Gasteiger partial charge on any atom is -0.477 e. The van der Waals surface area contributed by atoms with Crippen LogP contribution in [0, 0.1) is 17.6 Å². The molecular formula is C21H23F2NO. The van der Waals surface area contributed by atoms with Crippen LogP contribution >= 0.6 is 0 Å². The Morgan fingerprint density at radius 3 is 2.20 bits per heavy atom. The first-order valence-electron chi connectivity index (χ1n) is 8.55. The van der Waals surface area contributed by atoms with Crippen LogP contribution in [-0.4, -0.2) is 19.0 Å². The van der Waals surface area contributed by atoms with E-state index in [9.17, 15) is 8.78 Å². The van der Waals surface area contributed by atoms with Gasteiger partial charge in [0, 0.05) is 12.5 Å². The van der Waals surface area contributed by atoms with Crippen LogP contribution < -0.4 is 0 Å². The third-order valence-corrected chi connectivity index (χ3v) is 4.47. The minimum atomic E-state index is -0.644. The molecule has 2 nitrogen and oxygen atoms in total. The summed E-state index contributed by atoms with van der Waals surface area (Å²) in [5, 5.41) is 0. The summed E-state index contributed by atoms with van der Waals surface area (Å²) < 4.78 is 33.2. The van der Waals surface area contributed by atoms with Gasteiger partial charge >= 0.3 is 0 Å². The SMILES string of the molecule is CC(C)(C)c1ccc(CC2CN=C(c3c(F)cccc3F)OC2)cc1. The summed E-state index contributed by atoms with van der Waals surface area (Å²) in [5.41, 5.74) is 2.48. The molecule has 132 valence electrons. The Morgan fingerprint density at radius 1 is 1.04 bits per heavy atom. The zero-order chi connectivity index (χ0) is 18.0. The minimum absolute atomic E-state index is 0.0648.